The molecular formula is C8H9ClN2O. The summed E-state index contributed by atoms with van der Waals surface area (Å²) in [6, 6.07) is 1.61. The lowest BCUT2D eigenvalue weighted by Gasteiger charge is -1.98. The van der Waals surface area contributed by atoms with E-state index in [2.05, 4.69) is 10.3 Å². The minimum absolute atomic E-state index is 0.00694. The Kier molecular flexibility index (Phi) is 3.19. The molecule has 1 rings (SSSR count). The van der Waals surface area contributed by atoms with Gasteiger partial charge in [0.05, 0.1) is 11.6 Å². The number of likely N-dealkylation sites (N-methyl/N-ethyl adjacent to an activating group) is 1. The summed E-state index contributed by atoms with van der Waals surface area (Å²) in [4.78, 5) is 15.0. The monoisotopic (exact) mass is 184 g/mol. The van der Waals surface area contributed by atoms with E-state index in [4.69, 9.17) is 11.6 Å². The first kappa shape index (κ1) is 9.16. The fraction of sp³-hybridized carbons (Fsp3) is 0.250. The van der Waals surface area contributed by atoms with Crippen molar-refractivity contribution in [3.8, 4) is 0 Å². The third kappa shape index (κ3) is 2.29. The summed E-state index contributed by atoms with van der Waals surface area (Å²) in [6.07, 6.45) is 3.00. The molecule has 0 radical (unpaired) electrons. The summed E-state index contributed by atoms with van der Waals surface area (Å²) < 4.78 is 0. The fourth-order valence-corrected chi connectivity index (χ4v) is 1.00. The third-order valence-corrected chi connectivity index (χ3v) is 1.57. The van der Waals surface area contributed by atoms with Gasteiger partial charge >= 0.3 is 0 Å². The Labute approximate surface area is 75.8 Å². The number of nitrogens with zero attached hydrogens (tertiary/aromatic N) is 1. The molecule has 0 amide bonds. The molecule has 0 saturated heterocycles. The number of carbonyl (C=O) groups is 1. The minimum Gasteiger partial charge on any atom is -0.313 e. The first-order chi connectivity index (χ1) is 5.74. The SMILES string of the molecule is CNCC(=O)c1cncc(Cl)c1. The highest BCUT2D eigenvalue weighted by atomic mass is 35.5. The zero-order chi connectivity index (χ0) is 8.97. The molecule has 3 nitrogen and oxygen atoms in total. The number of carbonyl (C=O) groups excluding carboxylic acids is 1. The van der Waals surface area contributed by atoms with Crippen LogP contribution in [-0.4, -0.2) is 24.4 Å². The van der Waals surface area contributed by atoms with Crippen molar-refractivity contribution < 1.29 is 4.79 Å². The Morgan fingerprint density at radius 1 is 1.67 bits per heavy atom. The maximum Gasteiger partial charge on any atom is 0.178 e. The molecule has 0 aliphatic heterocycles. The van der Waals surface area contributed by atoms with Crippen molar-refractivity contribution in [1.29, 1.82) is 0 Å². The van der Waals surface area contributed by atoms with Crippen molar-refractivity contribution in [1.82, 2.24) is 10.3 Å². The van der Waals surface area contributed by atoms with Gasteiger partial charge in [0.1, 0.15) is 0 Å². The molecule has 0 fully saturated rings. The van der Waals surface area contributed by atoms with Crippen LogP contribution in [0.3, 0.4) is 0 Å². The van der Waals surface area contributed by atoms with E-state index in [0.29, 0.717) is 17.1 Å². The van der Waals surface area contributed by atoms with Gasteiger partial charge in [0.15, 0.2) is 5.78 Å². The van der Waals surface area contributed by atoms with Crippen LogP contribution in [0.5, 0.6) is 0 Å². The van der Waals surface area contributed by atoms with Gasteiger partial charge in [-0.25, -0.2) is 0 Å². The van der Waals surface area contributed by atoms with Gasteiger partial charge in [0.25, 0.3) is 0 Å². The van der Waals surface area contributed by atoms with Crippen LogP contribution in [0.25, 0.3) is 0 Å². The van der Waals surface area contributed by atoms with E-state index >= 15 is 0 Å². The van der Waals surface area contributed by atoms with Crippen LogP contribution < -0.4 is 5.32 Å². The topological polar surface area (TPSA) is 42.0 Å². The number of aromatic nitrogens is 1. The lowest BCUT2D eigenvalue weighted by molar-refractivity contribution is 0.0993. The van der Waals surface area contributed by atoms with Crippen molar-refractivity contribution in [3.05, 3.63) is 29.0 Å². The number of pyridine rings is 1. The van der Waals surface area contributed by atoms with Gasteiger partial charge in [-0.15, -0.1) is 0 Å². The number of Topliss-reactive ketones (excluding diaryl/α,β-unsaturated/α-hetero) is 1. The molecule has 64 valence electrons. The Bertz CT molecular complexity index is 288. The molecule has 0 aliphatic carbocycles. The van der Waals surface area contributed by atoms with Crippen LogP contribution in [0.4, 0.5) is 0 Å². The van der Waals surface area contributed by atoms with Gasteiger partial charge in [-0.2, -0.15) is 0 Å². The lowest BCUT2D eigenvalue weighted by atomic mass is 10.2. The summed E-state index contributed by atoms with van der Waals surface area (Å²) in [6.45, 7) is 0.308. The van der Waals surface area contributed by atoms with E-state index < -0.39 is 0 Å². The van der Waals surface area contributed by atoms with Gasteiger partial charge in [0, 0.05) is 18.0 Å². The zero-order valence-corrected chi connectivity index (χ0v) is 7.43. The second-order valence-electron chi connectivity index (χ2n) is 2.35. The molecule has 0 aromatic carbocycles. The largest absolute Gasteiger partial charge is 0.313 e. The molecule has 1 N–H and O–H groups in total. The number of nitrogens with one attached hydrogen (secondary N) is 1. The van der Waals surface area contributed by atoms with Crippen LogP contribution in [0.2, 0.25) is 5.02 Å². The van der Waals surface area contributed by atoms with Crippen molar-refractivity contribution in [2.24, 2.45) is 0 Å². The Balaban J connectivity index is 2.81. The van der Waals surface area contributed by atoms with Crippen molar-refractivity contribution >= 4 is 17.4 Å². The predicted octanol–water partition coefficient (Wildman–Crippen LogP) is 1.14. The summed E-state index contributed by atoms with van der Waals surface area (Å²) in [5.41, 5.74) is 0.539. The van der Waals surface area contributed by atoms with E-state index in [1.165, 1.54) is 12.4 Å². The van der Waals surface area contributed by atoms with Crippen LogP contribution in [0.15, 0.2) is 18.5 Å². The molecule has 1 aromatic rings. The zero-order valence-electron chi connectivity index (χ0n) is 6.67. The maximum atomic E-state index is 11.2. The van der Waals surface area contributed by atoms with E-state index in [-0.39, 0.29) is 5.78 Å². The van der Waals surface area contributed by atoms with Crippen LogP contribution >= 0.6 is 11.6 Å². The normalized spacial score (nSPS) is 9.83. The number of ketones is 1. The highest BCUT2D eigenvalue weighted by Gasteiger charge is 2.04. The molecule has 12 heavy (non-hydrogen) atoms. The second kappa shape index (κ2) is 4.18. The lowest BCUT2D eigenvalue weighted by Crippen LogP contribution is -2.18. The average Bonchev–Trinajstić information content (AvgIpc) is 2.05. The van der Waals surface area contributed by atoms with Gasteiger partial charge < -0.3 is 5.32 Å². The maximum absolute atomic E-state index is 11.2. The van der Waals surface area contributed by atoms with E-state index in [1.807, 2.05) is 0 Å². The first-order valence-electron chi connectivity index (χ1n) is 3.52. The molecule has 0 spiro atoms. The third-order valence-electron chi connectivity index (χ3n) is 1.36. The standard InChI is InChI=1S/C8H9ClN2O/c1-10-5-8(12)6-2-7(9)4-11-3-6/h2-4,10H,5H2,1H3. The second-order valence-corrected chi connectivity index (χ2v) is 2.78. The molecule has 1 aromatic heterocycles. The van der Waals surface area contributed by atoms with Gasteiger partial charge in [-0.3, -0.25) is 9.78 Å². The number of rotatable bonds is 3. The molecule has 4 heteroatoms. The number of hydrogen-bond acceptors (Lipinski definition) is 3. The number of hydrogen-bond donors (Lipinski definition) is 1. The molecule has 0 aliphatic rings. The average molecular weight is 185 g/mol. The first-order valence-corrected chi connectivity index (χ1v) is 3.90. The van der Waals surface area contributed by atoms with E-state index in [1.54, 1.807) is 13.1 Å². The Morgan fingerprint density at radius 2 is 2.42 bits per heavy atom. The highest BCUT2D eigenvalue weighted by Crippen LogP contribution is 2.08. The fourth-order valence-electron chi connectivity index (χ4n) is 0.827. The predicted molar refractivity (Wildman–Crippen MR) is 47.5 cm³/mol. The van der Waals surface area contributed by atoms with Crippen LogP contribution in [0.1, 0.15) is 10.4 Å². The highest BCUT2D eigenvalue weighted by molar-refractivity contribution is 6.30. The minimum atomic E-state index is -0.00694. The van der Waals surface area contributed by atoms with Crippen molar-refractivity contribution in [3.63, 3.8) is 0 Å². The van der Waals surface area contributed by atoms with Crippen molar-refractivity contribution in [2.75, 3.05) is 13.6 Å². The quantitative estimate of drug-likeness (QED) is 0.717. The van der Waals surface area contributed by atoms with E-state index in [0.717, 1.165) is 0 Å². The van der Waals surface area contributed by atoms with Gasteiger partial charge in [-0.05, 0) is 13.1 Å². The number of halogens is 1. The summed E-state index contributed by atoms with van der Waals surface area (Å²) >= 11 is 5.65. The molecule has 1 heterocycles. The Morgan fingerprint density at radius 3 is 3.00 bits per heavy atom. The molecule has 0 bridgehead atoms. The Hall–Kier alpha value is -0.930. The summed E-state index contributed by atoms with van der Waals surface area (Å²) in [7, 11) is 1.72. The molecule has 0 unspecified atom stereocenters. The molecule has 0 saturated carbocycles. The van der Waals surface area contributed by atoms with Crippen LogP contribution in [0, 0.1) is 0 Å². The summed E-state index contributed by atoms with van der Waals surface area (Å²) in [5.74, 6) is -0.00694. The summed E-state index contributed by atoms with van der Waals surface area (Å²) in [5, 5.41) is 3.25. The smallest absolute Gasteiger partial charge is 0.178 e. The molecular weight excluding hydrogens is 176 g/mol. The van der Waals surface area contributed by atoms with Gasteiger partial charge in [-0.1, -0.05) is 11.6 Å². The van der Waals surface area contributed by atoms with Crippen LogP contribution in [-0.2, 0) is 0 Å². The van der Waals surface area contributed by atoms with Crippen molar-refractivity contribution in [2.45, 2.75) is 0 Å². The van der Waals surface area contributed by atoms with Gasteiger partial charge in [0.2, 0.25) is 0 Å². The van der Waals surface area contributed by atoms with E-state index in [9.17, 15) is 4.79 Å². The molecule has 0 atom stereocenters.